The maximum Gasteiger partial charge on any atom is 0.344 e. The Morgan fingerprint density at radius 2 is 1.81 bits per heavy atom. The zero-order valence-corrected chi connectivity index (χ0v) is 15.5. The molecule has 0 radical (unpaired) electrons. The highest BCUT2D eigenvalue weighted by Crippen LogP contribution is 2.25. The molecule has 0 aliphatic rings. The van der Waals surface area contributed by atoms with Crippen LogP contribution in [0.5, 0.6) is 11.5 Å². The van der Waals surface area contributed by atoms with E-state index in [4.69, 9.17) is 14.2 Å². The zero-order valence-electron chi connectivity index (χ0n) is 14.7. The van der Waals surface area contributed by atoms with E-state index in [-0.39, 0.29) is 13.0 Å². The van der Waals surface area contributed by atoms with Crippen LogP contribution in [0, 0.1) is 0 Å². The number of ether oxygens (including phenoxy) is 4. The summed E-state index contributed by atoms with van der Waals surface area (Å²) < 4.78 is 19.8. The SMILES string of the molecule is COC(=O)Cc1csc(NC(=O)COC(=O)COc2ccccc2OC)n1. The number of thiazole rings is 1. The average molecular weight is 394 g/mol. The topological polar surface area (TPSA) is 113 Å². The number of amides is 1. The minimum atomic E-state index is -0.707. The Morgan fingerprint density at radius 1 is 1.07 bits per heavy atom. The van der Waals surface area contributed by atoms with Gasteiger partial charge in [0.05, 0.1) is 26.3 Å². The van der Waals surface area contributed by atoms with Crippen molar-refractivity contribution in [3.63, 3.8) is 0 Å². The molecule has 9 nitrogen and oxygen atoms in total. The van der Waals surface area contributed by atoms with Gasteiger partial charge in [0.2, 0.25) is 0 Å². The van der Waals surface area contributed by atoms with E-state index in [1.54, 1.807) is 29.6 Å². The van der Waals surface area contributed by atoms with Crippen LogP contribution < -0.4 is 14.8 Å². The molecule has 0 saturated heterocycles. The number of rotatable bonds is 9. The van der Waals surface area contributed by atoms with Gasteiger partial charge in [-0.25, -0.2) is 9.78 Å². The largest absolute Gasteiger partial charge is 0.493 e. The Labute approximate surface area is 159 Å². The first kappa shape index (κ1) is 20.2. The molecule has 2 rings (SSSR count). The summed E-state index contributed by atoms with van der Waals surface area (Å²) in [5, 5.41) is 4.40. The molecule has 0 fully saturated rings. The van der Waals surface area contributed by atoms with E-state index in [9.17, 15) is 14.4 Å². The molecule has 0 aliphatic carbocycles. The van der Waals surface area contributed by atoms with Crippen molar-refractivity contribution >= 4 is 34.3 Å². The smallest absolute Gasteiger partial charge is 0.344 e. The zero-order chi connectivity index (χ0) is 19.6. The summed E-state index contributed by atoms with van der Waals surface area (Å²) in [6, 6.07) is 6.84. The molecule has 0 saturated carbocycles. The van der Waals surface area contributed by atoms with Gasteiger partial charge in [-0.3, -0.25) is 14.9 Å². The van der Waals surface area contributed by atoms with Gasteiger partial charge in [-0.2, -0.15) is 0 Å². The molecule has 1 heterocycles. The first-order valence-electron chi connectivity index (χ1n) is 7.74. The van der Waals surface area contributed by atoms with Gasteiger partial charge in [-0.1, -0.05) is 12.1 Å². The molecule has 1 aromatic carbocycles. The fraction of sp³-hybridized carbons (Fsp3) is 0.294. The summed E-state index contributed by atoms with van der Waals surface area (Å²) in [7, 11) is 2.77. The maximum atomic E-state index is 11.8. The maximum absolute atomic E-state index is 11.8. The molecule has 27 heavy (non-hydrogen) atoms. The highest BCUT2D eigenvalue weighted by Gasteiger charge is 2.13. The molecule has 0 atom stereocenters. The molecular formula is C17H18N2O7S. The molecule has 2 aromatic rings. The van der Waals surface area contributed by atoms with Crippen LogP contribution >= 0.6 is 11.3 Å². The van der Waals surface area contributed by atoms with Crippen LogP contribution in [0.4, 0.5) is 5.13 Å². The van der Waals surface area contributed by atoms with Crippen molar-refractivity contribution in [2.75, 3.05) is 32.8 Å². The Hall–Kier alpha value is -3.14. The summed E-state index contributed by atoms with van der Waals surface area (Å²) in [5.74, 6) is -0.819. The van der Waals surface area contributed by atoms with Gasteiger partial charge >= 0.3 is 11.9 Å². The fourth-order valence-electron chi connectivity index (χ4n) is 1.88. The molecule has 0 unspecified atom stereocenters. The molecular weight excluding hydrogens is 376 g/mol. The minimum absolute atomic E-state index is 0.0120. The number of benzene rings is 1. The van der Waals surface area contributed by atoms with Gasteiger partial charge in [-0.15, -0.1) is 11.3 Å². The molecule has 144 valence electrons. The lowest BCUT2D eigenvalue weighted by Gasteiger charge is -2.09. The van der Waals surface area contributed by atoms with Crippen LogP contribution in [0.1, 0.15) is 5.69 Å². The van der Waals surface area contributed by atoms with Crippen LogP contribution in [0.25, 0.3) is 0 Å². The van der Waals surface area contributed by atoms with Crippen LogP contribution in [-0.2, 0) is 30.3 Å². The summed E-state index contributed by atoms with van der Waals surface area (Å²) >= 11 is 1.15. The number of hydrogen-bond donors (Lipinski definition) is 1. The first-order valence-corrected chi connectivity index (χ1v) is 8.62. The van der Waals surface area contributed by atoms with E-state index in [1.165, 1.54) is 14.2 Å². The number of nitrogens with zero attached hydrogens (tertiary/aromatic N) is 1. The van der Waals surface area contributed by atoms with Crippen LogP contribution in [0.15, 0.2) is 29.6 Å². The third kappa shape index (κ3) is 6.59. The van der Waals surface area contributed by atoms with Crippen molar-refractivity contribution in [2.24, 2.45) is 0 Å². The number of aromatic nitrogens is 1. The Morgan fingerprint density at radius 3 is 2.52 bits per heavy atom. The fourth-order valence-corrected chi connectivity index (χ4v) is 2.61. The number of methoxy groups -OCH3 is 2. The lowest BCUT2D eigenvalue weighted by molar-refractivity contribution is -0.149. The Balaban J connectivity index is 1.73. The molecule has 0 aliphatic heterocycles. The average Bonchev–Trinajstić information content (AvgIpc) is 3.11. The van der Waals surface area contributed by atoms with Gasteiger partial charge in [0, 0.05) is 5.38 Å². The van der Waals surface area contributed by atoms with Crippen molar-refractivity contribution in [3.8, 4) is 11.5 Å². The van der Waals surface area contributed by atoms with E-state index in [0.29, 0.717) is 22.3 Å². The first-order chi connectivity index (χ1) is 13.0. The van der Waals surface area contributed by atoms with Crippen molar-refractivity contribution in [2.45, 2.75) is 6.42 Å². The van der Waals surface area contributed by atoms with Gasteiger partial charge in [0.25, 0.3) is 5.91 Å². The van der Waals surface area contributed by atoms with Crippen molar-refractivity contribution in [3.05, 3.63) is 35.3 Å². The number of carbonyl (C=O) groups is 3. The number of carbonyl (C=O) groups excluding carboxylic acids is 3. The molecule has 1 N–H and O–H groups in total. The number of para-hydroxylation sites is 2. The second-order valence-corrected chi connectivity index (χ2v) is 5.90. The van der Waals surface area contributed by atoms with Crippen LogP contribution in [-0.4, -0.2) is 50.3 Å². The number of nitrogens with one attached hydrogen (secondary N) is 1. The Bertz CT molecular complexity index is 806. The summed E-state index contributed by atoms with van der Waals surface area (Å²) in [5.41, 5.74) is 0.476. The number of hydrogen-bond acceptors (Lipinski definition) is 9. The number of esters is 2. The predicted octanol–water partition coefficient (Wildman–Crippen LogP) is 1.43. The van der Waals surface area contributed by atoms with E-state index in [0.717, 1.165) is 11.3 Å². The van der Waals surface area contributed by atoms with Crippen LogP contribution in [0.2, 0.25) is 0 Å². The van der Waals surface area contributed by atoms with E-state index in [1.807, 2.05) is 0 Å². The van der Waals surface area contributed by atoms with Gasteiger partial charge in [0.1, 0.15) is 0 Å². The summed E-state index contributed by atoms with van der Waals surface area (Å²) in [4.78, 5) is 38.7. The standard InChI is InChI=1S/C17H18N2O7S/c1-23-12-5-3-4-6-13(12)25-9-16(22)26-8-14(20)19-17-18-11(10-27-17)7-15(21)24-2/h3-6,10H,7-9H2,1-2H3,(H,18,19,20). The minimum Gasteiger partial charge on any atom is -0.493 e. The highest BCUT2D eigenvalue weighted by atomic mass is 32.1. The quantitative estimate of drug-likeness (QED) is 0.636. The van der Waals surface area contributed by atoms with Gasteiger partial charge in [0.15, 0.2) is 29.8 Å². The van der Waals surface area contributed by atoms with Gasteiger partial charge < -0.3 is 18.9 Å². The third-order valence-electron chi connectivity index (χ3n) is 3.13. The third-order valence-corrected chi connectivity index (χ3v) is 3.94. The van der Waals surface area contributed by atoms with Crippen molar-refractivity contribution < 1.29 is 33.3 Å². The van der Waals surface area contributed by atoms with Crippen LogP contribution in [0.3, 0.4) is 0 Å². The molecule has 0 spiro atoms. The monoisotopic (exact) mass is 394 g/mol. The van der Waals surface area contributed by atoms with Crippen molar-refractivity contribution in [1.29, 1.82) is 0 Å². The summed E-state index contributed by atoms with van der Waals surface area (Å²) in [6.07, 6.45) is 0.0120. The molecule has 1 amide bonds. The predicted molar refractivity (Wildman–Crippen MR) is 95.9 cm³/mol. The number of anilines is 1. The summed E-state index contributed by atoms with van der Waals surface area (Å²) in [6.45, 7) is -0.853. The van der Waals surface area contributed by atoms with Crippen molar-refractivity contribution in [1.82, 2.24) is 4.98 Å². The van der Waals surface area contributed by atoms with Gasteiger partial charge in [-0.05, 0) is 12.1 Å². The second kappa shape index (κ2) is 10.1. The van der Waals surface area contributed by atoms with E-state index < -0.39 is 24.5 Å². The molecule has 1 aromatic heterocycles. The second-order valence-electron chi connectivity index (χ2n) is 5.05. The lowest BCUT2D eigenvalue weighted by Crippen LogP contribution is -2.23. The van der Waals surface area contributed by atoms with E-state index >= 15 is 0 Å². The molecule has 0 bridgehead atoms. The Kier molecular flexibility index (Phi) is 7.56. The molecule has 10 heteroatoms. The van der Waals surface area contributed by atoms with E-state index in [2.05, 4.69) is 15.0 Å². The highest BCUT2D eigenvalue weighted by molar-refractivity contribution is 7.13. The lowest BCUT2D eigenvalue weighted by atomic mass is 10.3. The normalized spacial score (nSPS) is 10.0.